The molecule has 0 aliphatic carbocycles. The molecule has 1 rings (SSSR count). The molecular formula is C9H12BrN3O2. The summed E-state index contributed by atoms with van der Waals surface area (Å²) in [5.41, 5.74) is 5.77. The topological polar surface area (TPSA) is 77.1 Å². The van der Waals surface area contributed by atoms with Crippen molar-refractivity contribution >= 4 is 27.5 Å². The molecule has 82 valence electrons. The van der Waals surface area contributed by atoms with Crippen LogP contribution in [0.15, 0.2) is 21.5 Å². The Morgan fingerprint density at radius 2 is 2.27 bits per heavy atom. The summed E-state index contributed by atoms with van der Waals surface area (Å²) in [7, 11) is 1.61. The van der Waals surface area contributed by atoms with Gasteiger partial charge in [0.25, 0.3) is 5.56 Å². The molecular weight excluding hydrogens is 262 g/mol. The lowest BCUT2D eigenvalue weighted by atomic mass is 10.3. The summed E-state index contributed by atoms with van der Waals surface area (Å²) >= 11 is 3.11. The maximum absolute atomic E-state index is 11.3. The van der Waals surface area contributed by atoms with E-state index in [1.807, 2.05) is 0 Å². The first-order valence-corrected chi connectivity index (χ1v) is 5.13. The van der Waals surface area contributed by atoms with Crippen LogP contribution in [0, 0.1) is 0 Å². The highest BCUT2D eigenvalue weighted by atomic mass is 79.9. The summed E-state index contributed by atoms with van der Waals surface area (Å²) in [5.74, 6) is -0.291. The molecule has 15 heavy (non-hydrogen) atoms. The first-order chi connectivity index (χ1) is 6.91. The quantitative estimate of drug-likeness (QED) is 0.821. The average molecular weight is 274 g/mol. The van der Waals surface area contributed by atoms with E-state index in [9.17, 15) is 9.59 Å². The molecule has 0 saturated heterocycles. The van der Waals surface area contributed by atoms with Crippen LogP contribution in [0.5, 0.6) is 0 Å². The molecule has 1 heterocycles. The smallest absolute Gasteiger partial charge is 0.264 e. The van der Waals surface area contributed by atoms with E-state index in [-0.39, 0.29) is 11.5 Å². The van der Waals surface area contributed by atoms with Gasteiger partial charge < -0.3 is 15.6 Å². The zero-order valence-electron chi connectivity index (χ0n) is 8.45. The first-order valence-electron chi connectivity index (χ1n) is 4.34. The average Bonchev–Trinajstić information content (AvgIpc) is 2.13. The van der Waals surface area contributed by atoms with Crippen molar-refractivity contribution in [3.8, 4) is 0 Å². The normalized spacial score (nSPS) is 12.3. The second-order valence-electron chi connectivity index (χ2n) is 3.27. The molecule has 1 aromatic heterocycles. The summed E-state index contributed by atoms with van der Waals surface area (Å²) in [6.45, 7) is 1.59. The maximum atomic E-state index is 11.3. The monoisotopic (exact) mass is 273 g/mol. The molecule has 1 atom stereocenters. The zero-order valence-corrected chi connectivity index (χ0v) is 10.0. The Labute approximate surface area is 95.4 Å². The summed E-state index contributed by atoms with van der Waals surface area (Å²) in [4.78, 5) is 22.6. The molecule has 0 bridgehead atoms. The maximum Gasteiger partial charge on any atom is 0.264 e. The van der Waals surface area contributed by atoms with Gasteiger partial charge in [0.05, 0.1) is 16.2 Å². The lowest BCUT2D eigenvalue weighted by Gasteiger charge is -2.09. The van der Waals surface area contributed by atoms with Crippen molar-refractivity contribution in [2.75, 3.05) is 5.32 Å². The van der Waals surface area contributed by atoms with E-state index in [0.29, 0.717) is 10.2 Å². The lowest BCUT2D eigenvalue weighted by molar-refractivity contribution is -0.117. The van der Waals surface area contributed by atoms with Gasteiger partial charge in [-0.15, -0.1) is 0 Å². The number of nitrogens with one attached hydrogen (secondary N) is 1. The standard InChI is InChI=1S/C9H12BrN3O2/c1-5(11)8(14)12-6-3-7(10)9(15)13(2)4-6/h3-5H,11H2,1-2H3,(H,12,14). The Bertz CT molecular complexity index is 413. The third-order valence-corrected chi connectivity index (χ3v) is 2.39. The van der Waals surface area contributed by atoms with Gasteiger partial charge >= 0.3 is 0 Å². The van der Waals surface area contributed by atoms with Crippen molar-refractivity contribution in [1.29, 1.82) is 0 Å². The van der Waals surface area contributed by atoms with Crippen LogP contribution in [-0.4, -0.2) is 16.5 Å². The highest BCUT2D eigenvalue weighted by Gasteiger charge is 2.09. The fraction of sp³-hybridized carbons (Fsp3) is 0.333. The van der Waals surface area contributed by atoms with Crippen LogP contribution in [0.25, 0.3) is 0 Å². The molecule has 1 aromatic rings. The van der Waals surface area contributed by atoms with Crippen molar-refractivity contribution in [2.24, 2.45) is 12.8 Å². The number of hydrogen-bond acceptors (Lipinski definition) is 3. The van der Waals surface area contributed by atoms with Crippen LogP contribution < -0.4 is 16.6 Å². The molecule has 1 unspecified atom stereocenters. The van der Waals surface area contributed by atoms with Crippen LogP contribution in [-0.2, 0) is 11.8 Å². The predicted molar refractivity (Wildman–Crippen MR) is 61.7 cm³/mol. The lowest BCUT2D eigenvalue weighted by Crippen LogP contribution is -2.33. The van der Waals surface area contributed by atoms with E-state index in [0.717, 1.165) is 0 Å². The summed E-state index contributed by atoms with van der Waals surface area (Å²) in [6, 6.07) is 0.962. The third kappa shape index (κ3) is 2.90. The van der Waals surface area contributed by atoms with E-state index >= 15 is 0 Å². The Balaban J connectivity index is 2.98. The largest absolute Gasteiger partial charge is 0.323 e. The van der Waals surface area contributed by atoms with Crippen LogP contribution in [0.1, 0.15) is 6.92 Å². The number of hydrogen-bond donors (Lipinski definition) is 2. The Morgan fingerprint density at radius 1 is 1.67 bits per heavy atom. The highest BCUT2D eigenvalue weighted by Crippen LogP contribution is 2.11. The number of halogens is 1. The van der Waals surface area contributed by atoms with Gasteiger partial charge in [0.2, 0.25) is 5.91 Å². The number of nitrogens with two attached hydrogens (primary N) is 1. The summed E-state index contributed by atoms with van der Waals surface area (Å²) in [6.07, 6.45) is 1.54. The fourth-order valence-electron chi connectivity index (χ4n) is 0.996. The van der Waals surface area contributed by atoms with E-state index in [1.165, 1.54) is 10.8 Å². The number of carbonyl (C=O) groups is 1. The number of carbonyl (C=O) groups excluding carboxylic acids is 1. The van der Waals surface area contributed by atoms with Crippen molar-refractivity contribution < 1.29 is 4.79 Å². The number of amides is 1. The molecule has 6 heteroatoms. The fourth-order valence-corrected chi connectivity index (χ4v) is 1.52. The number of rotatable bonds is 2. The van der Waals surface area contributed by atoms with Crippen LogP contribution in [0.2, 0.25) is 0 Å². The Hall–Kier alpha value is -1.14. The Morgan fingerprint density at radius 3 is 2.73 bits per heavy atom. The number of anilines is 1. The van der Waals surface area contributed by atoms with Gasteiger partial charge in [-0.25, -0.2) is 0 Å². The van der Waals surface area contributed by atoms with E-state index in [2.05, 4.69) is 21.2 Å². The van der Waals surface area contributed by atoms with Gasteiger partial charge in [-0.2, -0.15) is 0 Å². The third-order valence-electron chi connectivity index (χ3n) is 1.82. The molecule has 0 fully saturated rings. The van der Waals surface area contributed by atoms with Crippen LogP contribution in [0.4, 0.5) is 5.69 Å². The number of pyridine rings is 1. The van der Waals surface area contributed by atoms with Crippen LogP contribution >= 0.6 is 15.9 Å². The minimum absolute atomic E-state index is 0.159. The molecule has 5 nitrogen and oxygen atoms in total. The van der Waals surface area contributed by atoms with E-state index < -0.39 is 6.04 Å². The molecule has 0 spiro atoms. The van der Waals surface area contributed by atoms with Gasteiger partial charge in [-0.1, -0.05) is 0 Å². The minimum Gasteiger partial charge on any atom is -0.323 e. The summed E-state index contributed by atoms with van der Waals surface area (Å²) in [5, 5.41) is 2.60. The van der Waals surface area contributed by atoms with Crippen molar-refractivity contribution in [2.45, 2.75) is 13.0 Å². The van der Waals surface area contributed by atoms with Gasteiger partial charge in [-0.05, 0) is 28.9 Å². The summed E-state index contributed by atoms with van der Waals surface area (Å²) < 4.78 is 1.77. The zero-order chi connectivity index (χ0) is 11.6. The SMILES string of the molecule is CC(N)C(=O)Nc1cc(Br)c(=O)n(C)c1. The first kappa shape index (κ1) is 11.9. The second kappa shape index (κ2) is 4.59. The number of aryl methyl sites for hydroxylation is 1. The van der Waals surface area contributed by atoms with Gasteiger partial charge in [-0.3, -0.25) is 9.59 Å². The molecule has 0 aromatic carbocycles. The number of aromatic nitrogens is 1. The highest BCUT2D eigenvalue weighted by molar-refractivity contribution is 9.10. The van der Waals surface area contributed by atoms with Gasteiger partial charge in [0, 0.05) is 13.2 Å². The van der Waals surface area contributed by atoms with Gasteiger partial charge in [0.1, 0.15) is 0 Å². The van der Waals surface area contributed by atoms with Crippen molar-refractivity contribution in [3.05, 3.63) is 27.1 Å². The van der Waals surface area contributed by atoms with Gasteiger partial charge in [0.15, 0.2) is 0 Å². The molecule has 1 amide bonds. The Kier molecular flexibility index (Phi) is 3.65. The minimum atomic E-state index is -0.582. The molecule has 3 N–H and O–H groups in total. The molecule has 0 saturated carbocycles. The van der Waals surface area contributed by atoms with E-state index in [1.54, 1.807) is 20.0 Å². The second-order valence-corrected chi connectivity index (χ2v) is 4.13. The molecule has 0 aliphatic heterocycles. The molecule has 0 radical (unpaired) electrons. The van der Waals surface area contributed by atoms with Crippen molar-refractivity contribution in [1.82, 2.24) is 4.57 Å². The van der Waals surface area contributed by atoms with Crippen molar-refractivity contribution in [3.63, 3.8) is 0 Å². The predicted octanol–water partition coefficient (Wildman–Crippen LogP) is 0.433. The van der Waals surface area contributed by atoms with E-state index in [4.69, 9.17) is 5.73 Å². The van der Waals surface area contributed by atoms with Crippen LogP contribution in [0.3, 0.4) is 0 Å². The number of nitrogens with zero attached hydrogens (tertiary/aromatic N) is 1. The molecule has 0 aliphatic rings.